The van der Waals surface area contributed by atoms with Gasteiger partial charge in [0.2, 0.25) is 0 Å². The number of hydrogen-bond acceptors (Lipinski definition) is 2. The van der Waals surface area contributed by atoms with Crippen molar-refractivity contribution in [2.45, 2.75) is 0 Å². The topological polar surface area (TPSA) is 17.8 Å². The van der Waals surface area contributed by atoms with Crippen molar-refractivity contribution in [1.29, 1.82) is 0 Å². The Morgan fingerprint density at radius 2 is 1.88 bits per heavy atom. The maximum atomic E-state index is 4.39. The van der Waals surface area contributed by atoms with Crippen LogP contribution in [0.1, 0.15) is 0 Å². The monoisotopic (exact) mass is 304 g/mol. The van der Waals surface area contributed by atoms with Crippen LogP contribution in [0, 0.1) is 0 Å². The molecule has 2 heterocycles. The number of hydrogen-bond donors (Lipinski definition) is 0. The van der Waals surface area contributed by atoms with Crippen molar-refractivity contribution >= 4 is 27.3 Å². The summed E-state index contributed by atoms with van der Waals surface area (Å²) < 4.78 is 3.07. The maximum absolute atomic E-state index is 4.39. The molecule has 0 saturated heterocycles. The van der Waals surface area contributed by atoms with Crippen LogP contribution in [0.4, 0.5) is 0 Å². The first-order valence-electron chi connectivity index (χ1n) is 5.19. The van der Waals surface area contributed by atoms with Crippen LogP contribution in [0.5, 0.6) is 0 Å². The fourth-order valence-electron chi connectivity index (χ4n) is 1.73. The van der Waals surface area contributed by atoms with E-state index < -0.39 is 0 Å². The maximum Gasteiger partial charge on any atom is 0.0852 e. The number of halogens is 1. The van der Waals surface area contributed by atoms with Gasteiger partial charge >= 0.3 is 0 Å². The molecule has 84 valence electrons. The third-order valence-corrected chi connectivity index (χ3v) is 4.35. The van der Waals surface area contributed by atoms with E-state index in [2.05, 4.69) is 44.6 Å². The zero-order valence-electron chi connectivity index (χ0n) is 8.88. The fraction of sp³-hybridized carbons (Fsp3) is 0. The molecule has 0 amide bonds. The van der Waals surface area contributed by atoms with Crippen molar-refractivity contribution in [3.05, 3.63) is 58.5 Å². The van der Waals surface area contributed by atoms with E-state index in [0.29, 0.717) is 0 Å². The van der Waals surface area contributed by atoms with Gasteiger partial charge in [-0.2, -0.15) is 5.10 Å². The van der Waals surface area contributed by atoms with Gasteiger partial charge in [0.05, 0.1) is 22.5 Å². The summed E-state index contributed by atoms with van der Waals surface area (Å²) in [7, 11) is 0. The van der Waals surface area contributed by atoms with Gasteiger partial charge in [0.25, 0.3) is 0 Å². The number of para-hydroxylation sites is 1. The Bertz CT molecular complexity index is 628. The van der Waals surface area contributed by atoms with Crippen LogP contribution < -0.4 is 0 Å². The highest BCUT2D eigenvalue weighted by molar-refractivity contribution is 9.10. The van der Waals surface area contributed by atoms with Gasteiger partial charge in [-0.25, -0.2) is 4.68 Å². The molecule has 3 rings (SSSR count). The van der Waals surface area contributed by atoms with Gasteiger partial charge in [0, 0.05) is 4.47 Å². The zero-order chi connectivity index (χ0) is 11.7. The zero-order valence-corrected chi connectivity index (χ0v) is 11.3. The van der Waals surface area contributed by atoms with E-state index in [0.717, 1.165) is 15.9 Å². The largest absolute Gasteiger partial charge is 0.232 e. The highest BCUT2D eigenvalue weighted by atomic mass is 79.9. The van der Waals surface area contributed by atoms with Gasteiger partial charge < -0.3 is 0 Å². The highest BCUT2D eigenvalue weighted by Gasteiger charge is 2.11. The molecule has 0 N–H and O–H groups in total. The average molecular weight is 305 g/mol. The Hall–Kier alpha value is -1.39. The lowest BCUT2D eigenvalue weighted by molar-refractivity contribution is 0.889. The van der Waals surface area contributed by atoms with Crippen molar-refractivity contribution < 1.29 is 0 Å². The van der Waals surface area contributed by atoms with Crippen LogP contribution in [0.15, 0.2) is 58.5 Å². The van der Waals surface area contributed by atoms with E-state index in [-0.39, 0.29) is 0 Å². The van der Waals surface area contributed by atoms with Gasteiger partial charge in [-0.3, -0.25) is 0 Å². The second-order valence-corrected chi connectivity index (χ2v) is 5.33. The highest BCUT2D eigenvalue weighted by Crippen LogP contribution is 2.34. The molecule has 0 bridgehead atoms. The standard InChI is InChI=1S/C13H9BrN2S/c14-11-7-9-17-13(11)12-6-8-15-16(12)10-4-2-1-3-5-10/h1-9H. The molecule has 0 fully saturated rings. The first-order valence-corrected chi connectivity index (χ1v) is 6.86. The smallest absolute Gasteiger partial charge is 0.0852 e. The summed E-state index contributed by atoms with van der Waals surface area (Å²) in [5, 5.41) is 6.46. The molecule has 1 aromatic carbocycles. The molecule has 0 aliphatic heterocycles. The van der Waals surface area contributed by atoms with Crippen LogP contribution in [-0.4, -0.2) is 9.78 Å². The summed E-state index contributed by atoms with van der Waals surface area (Å²) in [6.45, 7) is 0. The molecule has 0 atom stereocenters. The molecule has 2 nitrogen and oxygen atoms in total. The predicted molar refractivity (Wildman–Crippen MR) is 74.6 cm³/mol. The lowest BCUT2D eigenvalue weighted by Gasteiger charge is -2.06. The van der Waals surface area contributed by atoms with Crippen LogP contribution in [-0.2, 0) is 0 Å². The van der Waals surface area contributed by atoms with Crippen molar-refractivity contribution in [2.24, 2.45) is 0 Å². The van der Waals surface area contributed by atoms with E-state index in [4.69, 9.17) is 0 Å². The Kier molecular flexibility index (Phi) is 2.82. The fourth-order valence-corrected chi connectivity index (χ4v) is 3.31. The number of thiophene rings is 1. The molecule has 4 heteroatoms. The van der Waals surface area contributed by atoms with E-state index in [1.54, 1.807) is 11.3 Å². The molecule has 2 aromatic heterocycles. The molecule has 0 radical (unpaired) electrons. The van der Waals surface area contributed by atoms with E-state index in [1.165, 1.54) is 4.88 Å². The normalized spacial score (nSPS) is 10.6. The van der Waals surface area contributed by atoms with Crippen molar-refractivity contribution in [2.75, 3.05) is 0 Å². The summed E-state index contributed by atoms with van der Waals surface area (Å²) in [5.74, 6) is 0. The summed E-state index contributed by atoms with van der Waals surface area (Å²) >= 11 is 5.27. The minimum absolute atomic E-state index is 1.08. The summed E-state index contributed by atoms with van der Waals surface area (Å²) in [6, 6.07) is 14.2. The summed E-state index contributed by atoms with van der Waals surface area (Å²) in [4.78, 5) is 1.20. The molecule has 0 spiro atoms. The summed E-state index contributed by atoms with van der Waals surface area (Å²) in [5.41, 5.74) is 2.19. The van der Waals surface area contributed by atoms with E-state index >= 15 is 0 Å². The minimum Gasteiger partial charge on any atom is -0.232 e. The molecular weight excluding hydrogens is 296 g/mol. The number of aromatic nitrogens is 2. The predicted octanol–water partition coefficient (Wildman–Crippen LogP) is 4.36. The number of benzene rings is 1. The van der Waals surface area contributed by atoms with Crippen molar-refractivity contribution in [3.8, 4) is 16.3 Å². The lowest BCUT2D eigenvalue weighted by Crippen LogP contribution is -1.97. The van der Waals surface area contributed by atoms with Crippen LogP contribution >= 0.6 is 27.3 Å². The molecular formula is C13H9BrN2S. The number of rotatable bonds is 2. The molecule has 3 aromatic rings. The Balaban J connectivity index is 2.16. The van der Waals surface area contributed by atoms with E-state index in [9.17, 15) is 0 Å². The van der Waals surface area contributed by atoms with Crippen LogP contribution in [0.25, 0.3) is 16.3 Å². The molecule has 0 aliphatic carbocycles. The SMILES string of the molecule is Brc1ccsc1-c1ccnn1-c1ccccc1. The van der Waals surface area contributed by atoms with E-state index in [1.807, 2.05) is 35.1 Å². The van der Waals surface area contributed by atoms with Gasteiger partial charge in [0.1, 0.15) is 0 Å². The third-order valence-electron chi connectivity index (χ3n) is 2.49. The second-order valence-electron chi connectivity index (χ2n) is 3.56. The number of nitrogens with zero attached hydrogens (tertiary/aromatic N) is 2. The first-order chi connectivity index (χ1) is 8.36. The Morgan fingerprint density at radius 1 is 1.06 bits per heavy atom. The van der Waals surface area contributed by atoms with Crippen LogP contribution in [0.2, 0.25) is 0 Å². The lowest BCUT2D eigenvalue weighted by atomic mass is 10.3. The van der Waals surface area contributed by atoms with Gasteiger partial charge in [-0.05, 0) is 45.6 Å². The van der Waals surface area contributed by atoms with Crippen LogP contribution in [0.3, 0.4) is 0 Å². The Labute approximate surface area is 112 Å². The van der Waals surface area contributed by atoms with Crippen molar-refractivity contribution in [1.82, 2.24) is 9.78 Å². The average Bonchev–Trinajstić information content (AvgIpc) is 2.98. The Morgan fingerprint density at radius 3 is 2.59 bits per heavy atom. The second kappa shape index (κ2) is 4.47. The molecule has 0 unspecified atom stereocenters. The molecule has 17 heavy (non-hydrogen) atoms. The quantitative estimate of drug-likeness (QED) is 0.687. The van der Waals surface area contributed by atoms with Gasteiger partial charge in [0.15, 0.2) is 0 Å². The molecule has 0 saturated carbocycles. The van der Waals surface area contributed by atoms with Gasteiger partial charge in [-0.1, -0.05) is 18.2 Å². The minimum atomic E-state index is 1.08. The first kappa shape index (κ1) is 10.7. The van der Waals surface area contributed by atoms with Gasteiger partial charge in [-0.15, -0.1) is 11.3 Å². The molecule has 0 aliphatic rings. The third kappa shape index (κ3) is 1.94. The van der Waals surface area contributed by atoms with Crippen molar-refractivity contribution in [3.63, 3.8) is 0 Å². The summed E-state index contributed by atoms with van der Waals surface area (Å²) in [6.07, 6.45) is 1.83.